The van der Waals surface area contributed by atoms with Gasteiger partial charge in [-0.3, -0.25) is 0 Å². The number of rotatable bonds is 5. The van der Waals surface area contributed by atoms with E-state index in [1.165, 1.54) is 24.8 Å². The summed E-state index contributed by atoms with van der Waals surface area (Å²) < 4.78 is 5.78. The molecule has 0 radical (unpaired) electrons. The van der Waals surface area contributed by atoms with Crippen molar-refractivity contribution in [2.45, 2.75) is 44.6 Å². The van der Waals surface area contributed by atoms with Crippen LogP contribution in [-0.2, 0) is 0 Å². The van der Waals surface area contributed by atoms with Gasteiger partial charge in [0.15, 0.2) is 0 Å². The number of para-hydroxylation sites is 1. The zero-order chi connectivity index (χ0) is 12.4. The molecule has 1 saturated carbocycles. The molecule has 2 nitrogen and oxygen atoms in total. The molecule has 1 heterocycles. The van der Waals surface area contributed by atoms with E-state index in [0.717, 1.165) is 31.2 Å². The first-order valence-electron chi connectivity index (χ1n) is 7.35. The van der Waals surface area contributed by atoms with E-state index in [9.17, 15) is 0 Å². The second-order valence-electron chi connectivity index (χ2n) is 5.60. The third kappa shape index (κ3) is 2.39. The van der Waals surface area contributed by atoms with E-state index in [1.807, 2.05) is 0 Å². The van der Waals surface area contributed by atoms with Gasteiger partial charge in [0.05, 0.1) is 6.61 Å². The lowest BCUT2D eigenvalue weighted by Crippen LogP contribution is -2.39. The average Bonchev–Trinajstić information content (AvgIpc) is 3.24. The van der Waals surface area contributed by atoms with E-state index in [-0.39, 0.29) is 0 Å². The van der Waals surface area contributed by atoms with Gasteiger partial charge in [-0.15, -0.1) is 0 Å². The van der Waals surface area contributed by atoms with Gasteiger partial charge >= 0.3 is 0 Å². The minimum atomic E-state index is 0.647. The Morgan fingerprint density at radius 1 is 1.28 bits per heavy atom. The van der Waals surface area contributed by atoms with Gasteiger partial charge in [0.2, 0.25) is 0 Å². The highest BCUT2D eigenvalue weighted by molar-refractivity contribution is 5.39. The second-order valence-corrected chi connectivity index (χ2v) is 5.60. The van der Waals surface area contributed by atoms with Crippen molar-refractivity contribution in [3.63, 3.8) is 0 Å². The molecule has 0 amide bonds. The van der Waals surface area contributed by atoms with Crippen LogP contribution in [0.25, 0.3) is 0 Å². The molecule has 1 aromatic rings. The molecule has 0 aromatic heterocycles. The lowest BCUT2D eigenvalue weighted by molar-refractivity contribution is 0.237. The van der Waals surface area contributed by atoms with Crippen LogP contribution in [0.4, 0.5) is 0 Å². The Hall–Kier alpha value is -1.02. The zero-order valence-electron chi connectivity index (χ0n) is 11.2. The molecule has 98 valence electrons. The molecule has 0 saturated heterocycles. The summed E-state index contributed by atoms with van der Waals surface area (Å²) in [7, 11) is 0. The van der Waals surface area contributed by atoms with Crippen LogP contribution < -0.4 is 10.1 Å². The fraction of sp³-hybridized carbons (Fsp3) is 0.625. The number of hydrogen-bond donors (Lipinski definition) is 1. The van der Waals surface area contributed by atoms with Crippen LogP contribution in [0, 0.1) is 5.92 Å². The smallest absolute Gasteiger partial charge is 0.122 e. The summed E-state index contributed by atoms with van der Waals surface area (Å²) in [6.45, 7) is 4.26. The molecule has 2 heteroatoms. The Morgan fingerprint density at radius 3 is 2.89 bits per heavy atom. The first kappa shape index (κ1) is 12.0. The van der Waals surface area contributed by atoms with Crippen molar-refractivity contribution >= 4 is 0 Å². The lowest BCUT2D eigenvalue weighted by atomic mass is 9.84. The standard InChI is InChI=1S/C16H23NO/c1-2-10-17-16(12-7-8-12)14-9-11-18-15-6-4-3-5-13(14)15/h3-6,12,14,16-17H,2,7-11H2,1H3. The minimum absolute atomic E-state index is 0.647. The fourth-order valence-electron chi connectivity index (χ4n) is 3.15. The first-order valence-corrected chi connectivity index (χ1v) is 7.35. The fourth-order valence-corrected chi connectivity index (χ4v) is 3.15. The Kier molecular flexibility index (Phi) is 3.55. The van der Waals surface area contributed by atoms with Crippen LogP contribution in [-0.4, -0.2) is 19.2 Å². The molecule has 2 unspecified atom stereocenters. The van der Waals surface area contributed by atoms with Crippen molar-refractivity contribution < 1.29 is 4.74 Å². The largest absolute Gasteiger partial charge is 0.493 e. The van der Waals surface area contributed by atoms with Crippen LogP contribution in [0.15, 0.2) is 24.3 Å². The summed E-state index contributed by atoms with van der Waals surface area (Å²) in [5, 5.41) is 3.79. The molecule has 2 atom stereocenters. The topological polar surface area (TPSA) is 21.3 Å². The average molecular weight is 245 g/mol. The number of nitrogens with one attached hydrogen (secondary N) is 1. The molecule has 1 aliphatic carbocycles. The number of hydrogen-bond acceptors (Lipinski definition) is 2. The first-order chi connectivity index (χ1) is 8.90. The number of benzene rings is 1. The Balaban J connectivity index is 1.81. The molecule has 18 heavy (non-hydrogen) atoms. The van der Waals surface area contributed by atoms with Crippen LogP contribution in [0.2, 0.25) is 0 Å². The van der Waals surface area contributed by atoms with Crippen LogP contribution in [0.1, 0.15) is 44.1 Å². The molecule has 3 rings (SSSR count). The summed E-state index contributed by atoms with van der Waals surface area (Å²) in [6.07, 6.45) is 5.19. The van der Waals surface area contributed by atoms with Gasteiger partial charge in [-0.2, -0.15) is 0 Å². The van der Waals surface area contributed by atoms with Crippen molar-refractivity contribution in [3.05, 3.63) is 29.8 Å². The maximum absolute atomic E-state index is 5.78. The van der Waals surface area contributed by atoms with Crippen molar-refractivity contribution in [1.29, 1.82) is 0 Å². The maximum Gasteiger partial charge on any atom is 0.122 e. The van der Waals surface area contributed by atoms with Crippen molar-refractivity contribution in [2.75, 3.05) is 13.2 Å². The summed E-state index contributed by atoms with van der Waals surface area (Å²) in [6, 6.07) is 9.25. The second kappa shape index (κ2) is 5.31. The predicted molar refractivity (Wildman–Crippen MR) is 74.1 cm³/mol. The maximum atomic E-state index is 5.78. The van der Waals surface area contributed by atoms with Gasteiger partial charge in [-0.1, -0.05) is 25.1 Å². The lowest BCUT2D eigenvalue weighted by Gasteiger charge is -2.33. The van der Waals surface area contributed by atoms with E-state index >= 15 is 0 Å². The van der Waals surface area contributed by atoms with Gasteiger partial charge in [0.25, 0.3) is 0 Å². The highest BCUT2D eigenvalue weighted by Crippen LogP contribution is 2.44. The highest BCUT2D eigenvalue weighted by Gasteiger charge is 2.38. The monoisotopic (exact) mass is 245 g/mol. The summed E-state index contributed by atoms with van der Waals surface area (Å²) in [5.74, 6) is 2.65. The van der Waals surface area contributed by atoms with Crippen LogP contribution in [0.5, 0.6) is 5.75 Å². The third-order valence-corrected chi connectivity index (χ3v) is 4.20. The third-order valence-electron chi connectivity index (χ3n) is 4.20. The molecule has 0 spiro atoms. The number of ether oxygens (including phenoxy) is 1. The number of fused-ring (bicyclic) bond motifs is 1. The van der Waals surface area contributed by atoms with Crippen molar-refractivity contribution in [1.82, 2.24) is 5.32 Å². The predicted octanol–water partition coefficient (Wildman–Crippen LogP) is 3.33. The van der Waals surface area contributed by atoms with Gasteiger partial charge in [-0.05, 0) is 49.8 Å². The van der Waals surface area contributed by atoms with Gasteiger partial charge in [0.1, 0.15) is 5.75 Å². The molecule has 1 aliphatic heterocycles. The Morgan fingerprint density at radius 2 is 2.11 bits per heavy atom. The molecule has 1 fully saturated rings. The molecular weight excluding hydrogens is 222 g/mol. The Bertz CT molecular complexity index is 400. The van der Waals surface area contributed by atoms with Gasteiger partial charge in [-0.25, -0.2) is 0 Å². The molecule has 2 aliphatic rings. The van der Waals surface area contributed by atoms with E-state index in [4.69, 9.17) is 4.74 Å². The van der Waals surface area contributed by atoms with Crippen LogP contribution >= 0.6 is 0 Å². The Labute approximate surface area is 110 Å². The van der Waals surface area contributed by atoms with E-state index < -0.39 is 0 Å². The van der Waals surface area contributed by atoms with Gasteiger partial charge < -0.3 is 10.1 Å². The van der Waals surface area contributed by atoms with E-state index in [2.05, 4.69) is 36.5 Å². The minimum Gasteiger partial charge on any atom is -0.493 e. The molecule has 1 N–H and O–H groups in total. The highest BCUT2D eigenvalue weighted by atomic mass is 16.5. The molecule has 1 aromatic carbocycles. The van der Waals surface area contributed by atoms with Crippen molar-refractivity contribution in [2.24, 2.45) is 5.92 Å². The quantitative estimate of drug-likeness (QED) is 0.859. The van der Waals surface area contributed by atoms with E-state index in [1.54, 1.807) is 0 Å². The van der Waals surface area contributed by atoms with Gasteiger partial charge in [0, 0.05) is 12.0 Å². The molecular formula is C16H23NO. The van der Waals surface area contributed by atoms with Crippen molar-refractivity contribution in [3.8, 4) is 5.75 Å². The summed E-state index contributed by atoms with van der Waals surface area (Å²) in [5.41, 5.74) is 1.42. The normalized spacial score (nSPS) is 24.2. The van der Waals surface area contributed by atoms with E-state index in [0.29, 0.717) is 12.0 Å². The zero-order valence-corrected chi connectivity index (χ0v) is 11.2. The summed E-state index contributed by atoms with van der Waals surface area (Å²) >= 11 is 0. The van der Waals surface area contributed by atoms with Crippen LogP contribution in [0.3, 0.4) is 0 Å². The summed E-state index contributed by atoms with van der Waals surface area (Å²) in [4.78, 5) is 0. The SMILES string of the molecule is CCCNC(C1CC1)C1CCOc2ccccc21. The molecule has 0 bridgehead atoms.